The van der Waals surface area contributed by atoms with Gasteiger partial charge in [-0.3, -0.25) is 0 Å². The zero-order valence-corrected chi connectivity index (χ0v) is 12.5. The van der Waals surface area contributed by atoms with Gasteiger partial charge in [0.25, 0.3) is 0 Å². The molecule has 0 radical (unpaired) electrons. The molecule has 1 heterocycles. The van der Waals surface area contributed by atoms with Crippen LogP contribution in [-0.2, 0) is 11.3 Å². The van der Waals surface area contributed by atoms with Gasteiger partial charge in [0, 0.05) is 23.8 Å². The first kappa shape index (κ1) is 14.3. The number of nitrogens with two attached hydrogens (primary N) is 1. The van der Waals surface area contributed by atoms with Crippen molar-refractivity contribution in [2.24, 2.45) is 0 Å². The van der Waals surface area contributed by atoms with E-state index in [4.69, 9.17) is 10.5 Å². The molecule has 0 aliphatic carbocycles. The zero-order chi connectivity index (χ0) is 14.7. The summed E-state index contributed by atoms with van der Waals surface area (Å²) in [6.07, 6.45) is 0. The number of hydrogen-bond acceptors (Lipinski definition) is 6. The number of benzene rings is 1. The number of carbonyl (C=O) groups excluding carboxylic acids is 1. The number of rotatable bonds is 4. The highest BCUT2D eigenvalue weighted by molar-refractivity contribution is 7.09. The predicted octanol–water partition coefficient (Wildman–Crippen LogP) is 2.46. The molecule has 1 aromatic heterocycles. The van der Waals surface area contributed by atoms with Crippen LogP contribution in [0.25, 0.3) is 0 Å². The highest BCUT2D eigenvalue weighted by atomic mass is 32.1. The van der Waals surface area contributed by atoms with E-state index >= 15 is 0 Å². The van der Waals surface area contributed by atoms with Crippen LogP contribution in [0.15, 0.2) is 23.6 Å². The van der Waals surface area contributed by atoms with Crippen molar-refractivity contribution in [1.82, 2.24) is 4.98 Å². The Morgan fingerprint density at radius 2 is 2.25 bits per heavy atom. The SMILES string of the molecule is COC(=O)c1cc(N(C)Cc2csc(C)n2)ccc1N. The van der Waals surface area contributed by atoms with Crippen molar-refractivity contribution in [2.45, 2.75) is 13.5 Å². The van der Waals surface area contributed by atoms with E-state index in [0.717, 1.165) is 16.4 Å². The maximum absolute atomic E-state index is 11.6. The van der Waals surface area contributed by atoms with E-state index < -0.39 is 5.97 Å². The second-order valence-corrected chi connectivity index (χ2v) is 5.54. The van der Waals surface area contributed by atoms with Crippen molar-refractivity contribution in [2.75, 3.05) is 24.8 Å². The summed E-state index contributed by atoms with van der Waals surface area (Å²) in [4.78, 5) is 18.1. The van der Waals surface area contributed by atoms with Gasteiger partial charge < -0.3 is 15.4 Å². The van der Waals surface area contributed by atoms with E-state index in [1.807, 2.05) is 30.3 Å². The van der Waals surface area contributed by atoms with Crippen molar-refractivity contribution in [3.8, 4) is 0 Å². The molecule has 2 rings (SSSR count). The number of nitrogens with zero attached hydrogens (tertiary/aromatic N) is 2. The molecule has 20 heavy (non-hydrogen) atoms. The first-order chi connectivity index (χ1) is 9.51. The topological polar surface area (TPSA) is 68.5 Å². The smallest absolute Gasteiger partial charge is 0.340 e. The van der Waals surface area contributed by atoms with Crippen molar-refractivity contribution in [3.63, 3.8) is 0 Å². The van der Waals surface area contributed by atoms with Crippen LogP contribution in [-0.4, -0.2) is 25.1 Å². The second-order valence-electron chi connectivity index (χ2n) is 4.48. The molecule has 2 N–H and O–H groups in total. The Balaban J connectivity index is 2.21. The average molecular weight is 291 g/mol. The number of ether oxygens (including phenoxy) is 1. The Morgan fingerprint density at radius 3 is 2.85 bits per heavy atom. The third-order valence-electron chi connectivity index (χ3n) is 2.95. The fourth-order valence-electron chi connectivity index (χ4n) is 1.88. The number of carbonyl (C=O) groups is 1. The van der Waals surface area contributed by atoms with E-state index in [1.165, 1.54) is 7.11 Å². The van der Waals surface area contributed by atoms with Crippen LogP contribution < -0.4 is 10.6 Å². The third kappa shape index (κ3) is 3.08. The normalized spacial score (nSPS) is 10.3. The van der Waals surface area contributed by atoms with Crippen LogP contribution in [0.4, 0.5) is 11.4 Å². The number of aromatic nitrogens is 1. The molecule has 0 saturated heterocycles. The molecule has 6 heteroatoms. The molecule has 0 aliphatic heterocycles. The Hall–Kier alpha value is -2.08. The molecule has 0 saturated carbocycles. The zero-order valence-electron chi connectivity index (χ0n) is 11.7. The lowest BCUT2D eigenvalue weighted by atomic mass is 10.1. The highest BCUT2D eigenvalue weighted by Crippen LogP contribution is 2.22. The van der Waals surface area contributed by atoms with Gasteiger partial charge in [-0.15, -0.1) is 11.3 Å². The predicted molar refractivity (Wildman–Crippen MR) is 81.2 cm³/mol. The minimum atomic E-state index is -0.428. The van der Waals surface area contributed by atoms with Crippen LogP contribution in [0, 0.1) is 6.92 Å². The van der Waals surface area contributed by atoms with Crippen molar-refractivity contribution in [3.05, 3.63) is 39.8 Å². The number of nitrogen functional groups attached to an aromatic ring is 1. The quantitative estimate of drug-likeness (QED) is 0.692. The van der Waals surface area contributed by atoms with Crippen LogP contribution >= 0.6 is 11.3 Å². The van der Waals surface area contributed by atoms with Crippen LogP contribution in [0.2, 0.25) is 0 Å². The van der Waals surface area contributed by atoms with Gasteiger partial charge in [0.2, 0.25) is 0 Å². The van der Waals surface area contributed by atoms with Gasteiger partial charge >= 0.3 is 5.97 Å². The standard InChI is InChI=1S/C14H17N3O2S/c1-9-16-10(8-20-9)7-17(2)11-4-5-13(15)12(6-11)14(18)19-3/h4-6,8H,7,15H2,1-3H3. The molecule has 0 spiro atoms. The molecule has 0 bridgehead atoms. The molecule has 106 valence electrons. The summed E-state index contributed by atoms with van der Waals surface area (Å²) in [6, 6.07) is 5.33. The summed E-state index contributed by atoms with van der Waals surface area (Å²) < 4.78 is 4.73. The number of esters is 1. The van der Waals surface area contributed by atoms with Gasteiger partial charge in [0.15, 0.2) is 0 Å². The molecule has 0 amide bonds. The lowest BCUT2D eigenvalue weighted by Crippen LogP contribution is -2.17. The number of aryl methyl sites for hydroxylation is 1. The Morgan fingerprint density at radius 1 is 1.50 bits per heavy atom. The number of methoxy groups -OCH3 is 1. The minimum Gasteiger partial charge on any atom is -0.465 e. The van der Waals surface area contributed by atoms with Crippen molar-refractivity contribution >= 4 is 28.7 Å². The maximum atomic E-state index is 11.6. The third-order valence-corrected chi connectivity index (χ3v) is 3.77. The largest absolute Gasteiger partial charge is 0.465 e. The summed E-state index contributed by atoms with van der Waals surface area (Å²) in [7, 11) is 3.29. The summed E-state index contributed by atoms with van der Waals surface area (Å²) in [5.74, 6) is -0.428. The summed E-state index contributed by atoms with van der Waals surface area (Å²) in [6.45, 7) is 2.65. The number of hydrogen-bond donors (Lipinski definition) is 1. The van der Waals surface area contributed by atoms with Crippen LogP contribution in [0.1, 0.15) is 21.1 Å². The van der Waals surface area contributed by atoms with E-state index in [2.05, 4.69) is 4.98 Å². The fourth-order valence-corrected chi connectivity index (χ4v) is 2.49. The molecule has 2 aromatic rings. The van der Waals surface area contributed by atoms with Crippen molar-refractivity contribution in [1.29, 1.82) is 0 Å². The second kappa shape index (κ2) is 5.92. The van der Waals surface area contributed by atoms with E-state index in [9.17, 15) is 4.79 Å². The van der Waals surface area contributed by atoms with Gasteiger partial charge in [-0.1, -0.05) is 0 Å². The van der Waals surface area contributed by atoms with Gasteiger partial charge in [-0.25, -0.2) is 9.78 Å². The Labute approximate surface area is 122 Å². The first-order valence-corrected chi connectivity index (χ1v) is 6.99. The summed E-state index contributed by atoms with van der Waals surface area (Å²) in [5.41, 5.74) is 8.49. The maximum Gasteiger partial charge on any atom is 0.340 e. The Kier molecular flexibility index (Phi) is 4.24. The first-order valence-electron chi connectivity index (χ1n) is 6.11. The van der Waals surface area contributed by atoms with Gasteiger partial charge in [-0.2, -0.15) is 0 Å². The lowest BCUT2D eigenvalue weighted by molar-refractivity contribution is 0.0602. The average Bonchev–Trinajstić information content (AvgIpc) is 2.83. The highest BCUT2D eigenvalue weighted by Gasteiger charge is 2.13. The molecule has 0 fully saturated rings. The van der Waals surface area contributed by atoms with Crippen LogP contribution in [0.5, 0.6) is 0 Å². The van der Waals surface area contributed by atoms with E-state index in [-0.39, 0.29) is 0 Å². The molecule has 0 unspecified atom stereocenters. The molecule has 0 atom stereocenters. The van der Waals surface area contributed by atoms with Gasteiger partial charge in [-0.05, 0) is 25.1 Å². The fraction of sp³-hybridized carbons (Fsp3) is 0.286. The van der Waals surface area contributed by atoms with Crippen LogP contribution in [0.3, 0.4) is 0 Å². The molecular formula is C14H17N3O2S. The van der Waals surface area contributed by atoms with Gasteiger partial charge in [0.1, 0.15) is 0 Å². The molecule has 0 aliphatic rings. The monoisotopic (exact) mass is 291 g/mol. The summed E-state index contributed by atoms with van der Waals surface area (Å²) in [5, 5.41) is 3.07. The molecule has 1 aromatic carbocycles. The summed E-state index contributed by atoms with van der Waals surface area (Å²) >= 11 is 1.62. The van der Waals surface area contributed by atoms with E-state index in [0.29, 0.717) is 17.8 Å². The lowest BCUT2D eigenvalue weighted by Gasteiger charge is -2.19. The minimum absolute atomic E-state index is 0.381. The Bertz CT molecular complexity index is 625. The molecule has 5 nitrogen and oxygen atoms in total. The van der Waals surface area contributed by atoms with E-state index in [1.54, 1.807) is 23.5 Å². The van der Waals surface area contributed by atoms with Gasteiger partial charge in [0.05, 0.1) is 29.9 Å². The molecular weight excluding hydrogens is 274 g/mol. The number of anilines is 2. The number of thiazole rings is 1. The van der Waals surface area contributed by atoms with Crippen molar-refractivity contribution < 1.29 is 9.53 Å².